The van der Waals surface area contributed by atoms with E-state index >= 15 is 0 Å². The second-order valence-corrected chi connectivity index (χ2v) is 4.84. The first-order chi connectivity index (χ1) is 9.22. The van der Waals surface area contributed by atoms with E-state index in [0.29, 0.717) is 6.54 Å². The summed E-state index contributed by atoms with van der Waals surface area (Å²) in [6.07, 6.45) is 2.46. The lowest BCUT2D eigenvalue weighted by Gasteiger charge is -2.15. The number of hydrogen-bond donors (Lipinski definition) is 1. The van der Waals surface area contributed by atoms with Crippen LogP contribution in [-0.2, 0) is 6.42 Å². The highest BCUT2D eigenvalue weighted by Crippen LogP contribution is 2.29. The highest BCUT2D eigenvalue weighted by molar-refractivity contribution is 5.37. The fourth-order valence-electron chi connectivity index (χ4n) is 2.35. The molecule has 1 aromatic heterocycles. The molecule has 0 saturated heterocycles. The minimum atomic E-state index is -0.208. The van der Waals surface area contributed by atoms with Gasteiger partial charge in [-0.25, -0.2) is 4.39 Å². The summed E-state index contributed by atoms with van der Waals surface area (Å²) in [6.45, 7) is 2.75. The molecule has 2 unspecified atom stereocenters. The van der Waals surface area contributed by atoms with Crippen molar-refractivity contribution in [2.75, 3.05) is 6.54 Å². The van der Waals surface area contributed by atoms with E-state index in [1.807, 2.05) is 19.1 Å². The summed E-state index contributed by atoms with van der Waals surface area (Å²) in [5.74, 6) is 1.49. The van der Waals surface area contributed by atoms with Gasteiger partial charge < -0.3 is 14.5 Å². The first kappa shape index (κ1) is 12.2. The van der Waals surface area contributed by atoms with Crippen molar-refractivity contribution in [1.82, 2.24) is 5.32 Å². The van der Waals surface area contributed by atoms with E-state index in [1.165, 1.54) is 6.07 Å². The molecule has 2 atom stereocenters. The number of furan rings is 1. The lowest BCUT2D eigenvalue weighted by Crippen LogP contribution is -2.31. The average molecular weight is 261 g/mol. The van der Waals surface area contributed by atoms with Crippen molar-refractivity contribution < 1.29 is 13.5 Å². The van der Waals surface area contributed by atoms with Crippen molar-refractivity contribution in [3.8, 4) is 5.75 Å². The van der Waals surface area contributed by atoms with Crippen LogP contribution in [0.2, 0.25) is 0 Å². The van der Waals surface area contributed by atoms with Crippen LogP contribution in [0.15, 0.2) is 41.0 Å². The SMILES string of the molecule is CC(NCC1Cc2cc(F)ccc2O1)c1ccco1. The molecule has 1 aliphatic heterocycles. The summed E-state index contributed by atoms with van der Waals surface area (Å²) in [5, 5.41) is 3.36. The van der Waals surface area contributed by atoms with Crippen LogP contribution in [0.25, 0.3) is 0 Å². The van der Waals surface area contributed by atoms with Gasteiger partial charge in [0.05, 0.1) is 12.3 Å². The van der Waals surface area contributed by atoms with E-state index in [1.54, 1.807) is 18.4 Å². The van der Waals surface area contributed by atoms with Crippen molar-refractivity contribution in [2.24, 2.45) is 0 Å². The normalized spacial score (nSPS) is 18.9. The first-order valence-corrected chi connectivity index (χ1v) is 6.44. The van der Waals surface area contributed by atoms with Gasteiger partial charge in [-0.2, -0.15) is 0 Å². The number of nitrogens with one attached hydrogen (secondary N) is 1. The zero-order valence-electron chi connectivity index (χ0n) is 10.7. The number of rotatable bonds is 4. The average Bonchev–Trinajstić information content (AvgIpc) is 3.04. The molecule has 0 fully saturated rings. The molecule has 3 rings (SSSR count). The number of benzene rings is 1. The molecule has 4 heteroatoms. The summed E-state index contributed by atoms with van der Waals surface area (Å²) >= 11 is 0. The standard InChI is InChI=1S/C15H16FNO2/c1-10(14-3-2-6-18-14)17-9-13-8-11-7-12(16)4-5-15(11)19-13/h2-7,10,13,17H,8-9H2,1H3. The summed E-state index contributed by atoms with van der Waals surface area (Å²) in [5.41, 5.74) is 0.942. The largest absolute Gasteiger partial charge is 0.488 e. The number of hydrogen-bond acceptors (Lipinski definition) is 3. The maximum atomic E-state index is 13.1. The third kappa shape index (κ3) is 2.63. The number of halogens is 1. The maximum absolute atomic E-state index is 13.1. The molecular formula is C15H16FNO2. The first-order valence-electron chi connectivity index (χ1n) is 6.44. The predicted octanol–water partition coefficient (Wildman–Crippen LogP) is 3.07. The van der Waals surface area contributed by atoms with Crippen LogP contribution in [0.1, 0.15) is 24.3 Å². The van der Waals surface area contributed by atoms with E-state index < -0.39 is 0 Å². The molecule has 1 aromatic carbocycles. The van der Waals surface area contributed by atoms with Crippen LogP contribution in [0.3, 0.4) is 0 Å². The Morgan fingerprint density at radius 1 is 1.42 bits per heavy atom. The predicted molar refractivity (Wildman–Crippen MR) is 69.6 cm³/mol. The van der Waals surface area contributed by atoms with E-state index in [2.05, 4.69) is 5.32 Å². The van der Waals surface area contributed by atoms with E-state index in [9.17, 15) is 4.39 Å². The third-order valence-corrected chi connectivity index (χ3v) is 3.39. The number of ether oxygens (including phenoxy) is 1. The van der Waals surface area contributed by atoms with E-state index in [0.717, 1.165) is 23.5 Å². The molecule has 0 bridgehead atoms. The van der Waals surface area contributed by atoms with Gasteiger partial charge in [-0.15, -0.1) is 0 Å². The van der Waals surface area contributed by atoms with Gasteiger partial charge in [0.1, 0.15) is 23.4 Å². The van der Waals surface area contributed by atoms with Crippen molar-refractivity contribution in [3.05, 3.63) is 53.7 Å². The summed E-state index contributed by atoms with van der Waals surface area (Å²) in [4.78, 5) is 0. The van der Waals surface area contributed by atoms with Crippen molar-refractivity contribution in [2.45, 2.75) is 25.5 Å². The fourth-order valence-corrected chi connectivity index (χ4v) is 2.35. The second kappa shape index (κ2) is 5.05. The minimum absolute atomic E-state index is 0.0502. The van der Waals surface area contributed by atoms with Gasteiger partial charge in [-0.1, -0.05) is 0 Å². The Labute approximate surface area is 111 Å². The Bertz CT molecular complexity index is 553. The minimum Gasteiger partial charge on any atom is -0.488 e. The van der Waals surface area contributed by atoms with Gasteiger partial charge in [0, 0.05) is 18.5 Å². The van der Waals surface area contributed by atoms with Gasteiger partial charge in [-0.05, 0) is 37.3 Å². The van der Waals surface area contributed by atoms with Crippen LogP contribution < -0.4 is 10.1 Å². The Morgan fingerprint density at radius 3 is 3.11 bits per heavy atom. The highest BCUT2D eigenvalue weighted by Gasteiger charge is 2.23. The Hall–Kier alpha value is -1.81. The molecule has 1 N–H and O–H groups in total. The van der Waals surface area contributed by atoms with E-state index in [4.69, 9.17) is 9.15 Å². The third-order valence-electron chi connectivity index (χ3n) is 3.39. The lowest BCUT2D eigenvalue weighted by molar-refractivity contribution is 0.220. The fraction of sp³-hybridized carbons (Fsp3) is 0.333. The molecular weight excluding hydrogens is 245 g/mol. The van der Waals surface area contributed by atoms with Gasteiger partial charge in [0.2, 0.25) is 0 Å². The molecule has 100 valence electrons. The van der Waals surface area contributed by atoms with Crippen molar-refractivity contribution in [1.29, 1.82) is 0 Å². The lowest BCUT2D eigenvalue weighted by atomic mass is 10.1. The van der Waals surface area contributed by atoms with Crippen LogP contribution >= 0.6 is 0 Å². The van der Waals surface area contributed by atoms with Crippen LogP contribution in [0, 0.1) is 5.82 Å². The van der Waals surface area contributed by atoms with Gasteiger partial charge in [0.15, 0.2) is 0 Å². The van der Waals surface area contributed by atoms with Gasteiger partial charge in [-0.3, -0.25) is 0 Å². The molecule has 0 amide bonds. The molecule has 0 saturated carbocycles. The second-order valence-electron chi connectivity index (χ2n) is 4.84. The van der Waals surface area contributed by atoms with Crippen molar-refractivity contribution >= 4 is 0 Å². The van der Waals surface area contributed by atoms with Crippen LogP contribution in [-0.4, -0.2) is 12.6 Å². The monoisotopic (exact) mass is 261 g/mol. The molecule has 0 radical (unpaired) electrons. The van der Waals surface area contributed by atoms with Crippen molar-refractivity contribution in [3.63, 3.8) is 0 Å². The Balaban J connectivity index is 1.56. The molecule has 3 nitrogen and oxygen atoms in total. The molecule has 2 heterocycles. The Kier molecular flexibility index (Phi) is 3.25. The van der Waals surface area contributed by atoms with Gasteiger partial charge >= 0.3 is 0 Å². The topological polar surface area (TPSA) is 34.4 Å². The van der Waals surface area contributed by atoms with Crippen LogP contribution in [0.5, 0.6) is 5.75 Å². The quantitative estimate of drug-likeness (QED) is 0.918. The zero-order chi connectivity index (χ0) is 13.2. The molecule has 0 spiro atoms. The highest BCUT2D eigenvalue weighted by atomic mass is 19.1. The molecule has 2 aromatic rings. The molecule has 0 aliphatic carbocycles. The smallest absolute Gasteiger partial charge is 0.123 e. The summed E-state index contributed by atoms with van der Waals surface area (Å²) in [7, 11) is 0. The molecule has 1 aliphatic rings. The maximum Gasteiger partial charge on any atom is 0.123 e. The summed E-state index contributed by atoms with van der Waals surface area (Å²) < 4.78 is 24.2. The number of fused-ring (bicyclic) bond motifs is 1. The van der Waals surface area contributed by atoms with Gasteiger partial charge in [0.25, 0.3) is 0 Å². The molecule has 19 heavy (non-hydrogen) atoms. The van der Waals surface area contributed by atoms with E-state index in [-0.39, 0.29) is 18.0 Å². The summed E-state index contributed by atoms with van der Waals surface area (Å²) in [6, 6.07) is 8.63. The zero-order valence-corrected chi connectivity index (χ0v) is 10.7. The Morgan fingerprint density at radius 2 is 2.32 bits per heavy atom. The van der Waals surface area contributed by atoms with Crippen LogP contribution in [0.4, 0.5) is 4.39 Å².